The maximum Gasteiger partial charge on any atom is 0.330 e. The van der Waals surface area contributed by atoms with E-state index in [0.717, 1.165) is 88.4 Å². The van der Waals surface area contributed by atoms with E-state index >= 15 is 0 Å². The number of esters is 1. The number of nitrogens with one attached hydrogen (secondary N) is 1. The molecule has 10 heteroatoms. The number of amides is 1. The number of aryl methyl sites for hydroxylation is 2. The molecule has 0 spiro atoms. The van der Waals surface area contributed by atoms with E-state index in [0.29, 0.717) is 23.9 Å². The van der Waals surface area contributed by atoms with Crippen molar-refractivity contribution in [2.45, 2.75) is 76.2 Å². The van der Waals surface area contributed by atoms with Crippen molar-refractivity contribution >= 4 is 55.8 Å². The number of halogens is 1. The van der Waals surface area contributed by atoms with E-state index in [1.54, 1.807) is 18.5 Å². The van der Waals surface area contributed by atoms with Gasteiger partial charge >= 0.3 is 5.97 Å². The number of hydrogen-bond donors (Lipinski definition) is 1. The van der Waals surface area contributed by atoms with Crippen LogP contribution in [0.2, 0.25) is 0 Å². The molecule has 3 aromatic heterocycles. The topological polar surface area (TPSA) is 104 Å². The molecule has 2 saturated carbocycles. The zero-order valence-corrected chi connectivity index (χ0v) is 29.3. The molecular weight excluding hydrogens is 668 g/mol. The van der Waals surface area contributed by atoms with Crippen LogP contribution in [0.4, 0.5) is 0 Å². The zero-order valence-electron chi connectivity index (χ0n) is 27.8. The SMILES string of the molecule is CCCCOC(=O)C=Cc1ccc2nc(C3(NC(=O)c4ccc5c(C6CCCC6)c(-c6ncc(Br)cn6)n(C)c5c4)CCC3)n(C)c2c1. The van der Waals surface area contributed by atoms with Crippen molar-refractivity contribution in [2.24, 2.45) is 14.1 Å². The number of carbonyl (C=O) groups excluding carboxylic acids is 2. The summed E-state index contributed by atoms with van der Waals surface area (Å²) in [7, 11) is 4.05. The highest BCUT2D eigenvalue weighted by Gasteiger charge is 2.44. The van der Waals surface area contributed by atoms with Gasteiger partial charge in [-0.15, -0.1) is 0 Å². The number of nitrogens with zero attached hydrogens (tertiary/aromatic N) is 5. The lowest BCUT2D eigenvalue weighted by atomic mass is 9.75. The van der Waals surface area contributed by atoms with Gasteiger partial charge in [0.15, 0.2) is 5.82 Å². The molecule has 2 aliphatic carbocycles. The molecule has 0 aliphatic heterocycles. The van der Waals surface area contributed by atoms with Crippen molar-refractivity contribution in [3.05, 3.63) is 81.9 Å². The van der Waals surface area contributed by atoms with Crippen molar-refractivity contribution in [1.82, 2.24) is 29.4 Å². The molecule has 5 aromatic rings. The van der Waals surface area contributed by atoms with Crippen LogP contribution in [-0.4, -0.2) is 42.6 Å². The minimum absolute atomic E-state index is 0.112. The summed E-state index contributed by atoms with van der Waals surface area (Å²) in [5.41, 5.74) is 6.06. The van der Waals surface area contributed by atoms with Crippen molar-refractivity contribution in [3.63, 3.8) is 0 Å². The summed E-state index contributed by atoms with van der Waals surface area (Å²) < 4.78 is 10.3. The summed E-state index contributed by atoms with van der Waals surface area (Å²) in [6, 6.07) is 12.0. The Morgan fingerprint density at radius 1 is 1.02 bits per heavy atom. The average molecular weight is 710 g/mol. The fraction of sp³-hybridized carbons (Fsp3) is 0.395. The molecule has 0 unspecified atom stereocenters. The van der Waals surface area contributed by atoms with Gasteiger partial charge in [0.05, 0.1) is 33.3 Å². The van der Waals surface area contributed by atoms with Crippen LogP contribution >= 0.6 is 15.9 Å². The minimum atomic E-state index is -0.557. The Balaban J connectivity index is 1.18. The van der Waals surface area contributed by atoms with Crippen LogP contribution < -0.4 is 5.32 Å². The summed E-state index contributed by atoms with van der Waals surface area (Å²) in [5, 5.41) is 4.57. The third-order valence-electron chi connectivity index (χ3n) is 10.1. The van der Waals surface area contributed by atoms with Gasteiger partial charge < -0.3 is 19.2 Å². The Kier molecular flexibility index (Phi) is 8.94. The molecule has 7 rings (SSSR count). The first-order valence-corrected chi connectivity index (χ1v) is 17.8. The monoisotopic (exact) mass is 708 g/mol. The molecule has 2 aromatic carbocycles. The van der Waals surface area contributed by atoms with Crippen LogP contribution in [0, 0.1) is 0 Å². The zero-order chi connectivity index (χ0) is 33.4. The largest absolute Gasteiger partial charge is 0.463 e. The third-order valence-corrected chi connectivity index (χ3v) is 10.6. The fourth-order valence-electron chi connectivity index (χ4n) is 7.43. The molecule has 1 N–H and O–H groups in total. The van der Waals surface area contributed by atoms with Crippen LogP contribution in [0.25, 0.3) is 39.5 Å². The average Bonchev–Trinajstić information content (AvgIpc) is 3.79. The van der Waals surface area contributed by atoms with Crippen LogP contribution in [-0.2, 0) is 29.2 Å². The molecule has 48 heavy (non-hydrogen) atoms. The Morgan fingerprint density at radius 3 is 2.50 bits per heavy atom. The molecule has 2 fully saturated rings. The highest BCUT2D eigenvalue weighted by molar-refractivity contribution is 9.10. The third kappa shape index (κ3) is 5.95. The Morgan fingerprint density at radius 2 is 1.79 bits per heavy atom. The molecule has 0 bridgehead atoms. The standard InChI is InChI=1S/C38H41BrN6O3/c1-4-5-19-48-32(46)16-12-24-11-15-29-31(20-24)45(3)37(42-29)38(17-8-18-38)43-36(47)26-13-14-28-30(21-26)44(2)34(33(28)25-9-6-7-10-25)35-40-22-27(39)23-41-35/h11-16,20-23,25H,4-10,17-19H2,1-3H3,(H,43,47). The fourth-order valence-corrected chi connectivity index (χ4v) is 7.64. The predicted octanol–water partition coefficient (Wildman–Crippen LogP) is 8.11. The number of rotatable bonds is 10. The lowest BCUT2D eigenvalue weighted by Crippen LogP contribution is -2.52. The second-order valence-electron chi connectivity index (χ2n) is 13.2. The summed E-state index contributed by atoms with van der Waals surface area (Å²) in [4.78, 5) is 40.5. The van der Waals surface area contributed by atoms with Crippen molar-refractivity contribution < 1.29 is 14.3 Å². The second kappa shape index (κ2) is 13.3. The highest BCUT2D eigenvalue weighted by Crippen LogP contribution is 2.45. The number of fused-ring (bicyclic) bond motifs is 2. The molecule has 3 heterocycles. The molecule has 1 amide bonds. The van der Waals surface area contributed by atoms with E-state index in [2.05, 4.69) is 60.4 Å². The Labute approximate surface area is 288 Å². The smallest absolute Gasteiger partial charge is 0.330 e. The van der Waals surface area contributed by atoms with Gasteiger partial charge in [0.2, 0.25) is 0 Å². The van der Waals surface area contributed by atoms with Gasteiger partial charge in [-0.1, -0.05) is 38.3 Å². The van der Waals surface area contributed by atoms with E-state index in [4.69, 9.17) is 9.72 Å². The minimum Gasteiger partial charge on any atom is -0.463 e. The van der Waals surface area contributed by atoms with Gasteiger partial charge in [0, 0.05) is 49.0 Å². The number of hydrogen-bond acceptors (Lipinski definition) is 6. The molecule has 0 atom stereocenters. The van der Waals surface area contributed by atoms with Crippen LogP contribution in [0.15, 0.2) is 59.3 Å². The van der Waals surface area contributed by atoms with Gasteiger partial charge in [-0.05, 0) is 102 Å². The summed E-state index contributed by atoms with van der Waals surface area (Å²) in [5.74, 6) is 1.54. The molecule has 0 saturated heterocycles. The summed E-state index contributed by atoms with van der Waals surface area (Å²) in [6.45, 7) is 2.49. The van der Waals surface area contributed by atoms with E-state index in [1.165, 1.54) is 24.5 Å². The van der Waals surface area contributed by atoms with Crippen molar-refractivity contribution in [3.8, 4) is 11.5 Å². The maximum absolute atomic E-state index is 14.0. The number of carbonyl (C=O) groups is 2. The first-order valence-electron chi connectivity index (χ1n) is 17.0. The van der Waals surface area contributed by atoms with Gasteiger partial charge in [-0.3, -0.25) is 4.79 Å². The van der Waals surface area contributed by atoms with Gasteiger partial charge in [0.1, 0.15) is 5.82 Å². The number of ether oxygens (including phenoxy) is 1. The molecule has 9 nitrogen and oxygen atoms in total. The van der Waals surface area contributed by atoms with Crippen LogP contribution in [0.5, 0.6) is 0 Å². The van der Waals surface area contributed by atoms with E-state index < -0.39 is 5.54 Å². The first-order chi connectivity index (χ1) is 23.3. The molecule has 2 aliphatic rings. The van der Waals surface area contributed by atoms with Crippen LogP contribution in [0.3, 0.4) is 0 Å². The molecule has 0 radical (unpaired) electrons. The van der Waals surface area contributed by atoms with E-state index in [1.807, 2.05) is 37.4 Å². The van der Waals surface area contributed by atoms with Crippen molar-refractivity contribution in [2.75, 3.05) is 6.61 Å². The normalized spacial score (nSPS) is 16.2. The Hall–Kier alpha value is -4.31. The van der Waals surface area contributed by atoms with Gasteiger partial charge in [0.25, 0.3) is 5.91 Å². The number of unbranched alkanes of at least 4 members (excludes halogenated alkanes) is 1. The Bertz CT molecular complexity index is 2030. The first kappa shape index (κ1) is 32.2. The quantitative estimate of drug-likeness (QED) is 0.0893. The second-order valence-corrected chi connectivity index (χ2v) is 14.2. The van der Waals surface area contributed by atoms with Gasteiger partial charge in [-0.25, -0.2) is 19.7 Å². The maximum atomic E-state index is 14.0. The van der Waals surface area contributed by atoms with E-state index in [-0.39, 0.29) is 11.9 Å². The number of aromatic nitrogens is 5. The summed E-state index contributed by atoms with van der Waals surface area (Å²) >= 11 is 3.47. The highest BCUT2D eigenvalue weighted by atomic mass is 79.9. The molecule has 248 valence electrons. The number of imidazole rings is 1. The lowest BCUT2D eigenvalue weighted by Gasteiger charge is -2.41. The predicted molar refractivity (Wildman–Crippen MR) is 191 cm³/mol. The van der Waals surface area contributed by atoms with Crippen LogP contribution in [0.1, 0.15) is 97.9 Å². The lowest BCUT2D eigenvalue weighted by molar-refractivity contribution is -0.137. The summed E-state index contributed by atoms with van der Waals surface area (Å²) in [6.07, 6.45) is 16.0. The number of benzene rings is 2. The van der Waals surface area contributed by atoms with E-state index in [9.17, 15) is 9.59 Å². The van der Waals surface area contributed by atoms with Gasteiger partial charge in [-0.2, -0.15) is 0 Å². The van der Waals surface area contributed by atoms with Crippen molar-refractivity contribution in [1.29, 1.82) is 0 Å². The molecular formula is C38H41BrN6O3.